The molecule has 0 N–H and O–H groups in total. The van der Waals surface area contributed by atoms with Crippen molar-refractivity contribution in [3.8, 4) is 16.9 Å². The van der Waals surface area contributed by atoms with Crippen molar-refractivity contribution in [3.63, 3.8) is 0 Å². The topological polar surface area (TPSA) is 17.4 Å². The van der Waals surface area contributed by atoms with E-state index in [1.807, 2.05) is 0 Å². The first-order valence-electron chi connectivity index (χ1n) is 7.97. The second kappa shape index (κ2) is 6.47. The number of likely N-dealkylation sites (N-methyl/N-ethyl adjacent to an activating group) is 1. The van der Waals surface area contributed by atoms with Gasteiger partial charge in [-0.05, 0) is 43.8 Å². The Labute approximate surface area is 138 Å². The SMILES string of the molecule is COc1ccc(-c2ccccc2)c2c1c(CCN(C)C)cn2C. The minimum Gasteiger partial charge on any atom is -0.496 e. The van der Waals surface area contributed by atoms with Crippen LogP contribution < -0.4 is 4.74 Å². The fraction of sp³-hybridized carbons (Fsp3) is 0.300. The molecular weight excluding hydrogens is 284 g/mol. The van der Waals surface area contributed by atoms with Crippen molar-refractivity contribution in [2.24, 2.45) is 7.05 Å². The average Bonchev–Trinajstić information content (AvgIpc) is 2.90. The monoisotopic (exact) mass is 308 g/mol. The molecular formula is C20H24N2O. The van der Waals surface area contributed by atoms with Crippen molar-refractivity contribution < 1.29 is 4.74 Å². The van der Waals surface area contributed by atoms with Gasteiger partial charge in [0.1, 0.15) is 5.75 Å². The summed E-state index contributed by atoms with van der Waals surface area (Å²) in [5.74, 6) is 0.953. The van der Waals surface area contributed by atoms with Crippen molar-refractivity contribution in [3.05, 3.63) is 54.2 Å². The van der Waals surface area contributed by atoms with E-state index in [4.69, 9.17) is 4.74 Å². The van der Waals surface area contributed by atoms with E-state index in [2.05, 4.69) is 79.3 Å². The first-order valence-corrected chi connectivity index (χ1v) is 7.97. The van der Waals surface area contributed by atoms with Gasteiger partial charge in [-0.15, -0.1) is 0 Å². The number of fused-ring (bicyclic) bond motifs is 1. The minimum atomic E-state index is 0.953. The van der Waals surface area contributed by atoms with E-state index in [1.54, 1.807) is 7.11 Å². The molecule has 2 aromatic carbocycles. The van der Waals surface area contributed by atoms with Gasteiger partial charge in [-0.1, -0.05) is 30.3 Å². The maximum atomic E-state index is 5.65. The Morgan fingerprint density at radius 1 is 1.04 bits per heavy atom. The van der Waals surface area contributed by atoms with Gasteiger partial charge in [0.05, 0.1) is 12.6 Å². The molecule has 23 heavy (non-hydrogen) atoms. The van der Waals surface area contributed by atoms with Crippen LogP contribution in [0.25, 0.3) is 22.0 Å². The average molecular weight is 308 g/mol. The lowest BCUT2D eigenvalue weighted by Gasteiger charge is -2.12. The number of aromatic nitrogens is 1. The number of rotatable bonds is 5. The zero-order chi connectivity index (χ0) is 16.4. The molecule has 1 aromatic heterocycles. The van der Waals surface area contributed by atoms with Crippen molar-refractivity contribution in [1.82, 2.24) is 9.47 Å². The summed E-state index contributed by atoms with van der Waals surface area (Å²) >= 11 is 0. The van der Waals surface area contributed by atoms with Crippen molar-refractivity contribution in [1.29, 1.82) is 0 Å². The van der Waals surface area contributed by atoms with E-state index in [1.165, 1.54) is 27.6 Å². The van der Waals surface area contributed by atoms with Gasteiger partial charge in [0.15, 0.2) is 0 Å². The molecule has 0 amide bonds. The fourth-order valence-corrected chi connectivity index (χ4v) is 3.17. The molecule has 0 saturated heterocycles. The molecule has 1 heterocycles. The van der Waals surface area contributed by atoms with E-state index in [9.17, 15) is 0 Å². The second-order valence-electron chi connectivity index (χ2n) is 6.22. The van der Waals surface area contributed by atoms with Crippen LogP contribution in [0.5, 0.6) is 5.75 Å². The molecule has 3 nitrogen and oxygen atoms in total. The lowest BCUT2D eigenvalue weighted by molar-refractivity contribution is 0.411. The van der Waals surface area contributed by atoms with Crippen LogP contribution in [0.2, 0.25) is 0 Å². The van der Waals surface area contributed by atoms with Crippen LogP contribution >= 0.6 is 0 Å². The van der Waals surface area contributed by atoms with Crippen LogP contribution in [0.3, 0.4) is 0 Å². The molecule has 120 valence electrons. The van der Waals surface area contributed by atoms with Crippen LogP contribution in [0, 0.1) is 0 Å². The number of hydrogen-bond acceptors (Lipinski definition) is 2. The van der Waals surface area contributed by atoms with Gasteiger partial charge >= 0.3 is 0 Å². The molecule has 0 spiro atoms. The van der Waals surface area contributed by atoms with E-state index >= 15 is 0 Å². The van der Waals surface area contributed by atoms with E-state index in [-0.39, 0.29) is 0 Å². The number of benzene rings is 2. The maximum absolute atomic E-state index is 5.65. The van der Waals surface area contributed by atoms with Gasteiger partial charge in [-0.3, -0.25) is 0 Å². The summed E-state index contributed by atoms with van der Waals surface area (Å²) in [7, 11) is 8.09. The smallest absolute Gasteiger partial charge is 0.128 e. The Balaban J connectivity index is 2.21. The highest BCUT2D eigenvalue weighted by Gasteiger charge is 2.16. The van der Waals surface area contributed by atoms with Gasteiger partial charge < -0.3 is 14.2 Å². The van der Waals surface area contributed by atoms with Gasteiger partial charge in [-0.25, -0.2) is 0 Å². The third-order valence-corrected chi connectivity index (χ3v) is 4.30. The number of ether oxygens (including phenoxy) is 1. The largest absolute Gasteiger partial charge is 0.496 e. The zero-order valence-electron chi connectivity index (χ0n) is 14.3. The third kappa shape index (κ3) is 2.97. The Morgan fingerprint density at radius 3 is 2.43 bits per heavy atom. The van der Waals surface area contributed by atoms with Gasteiger partial charge in [0.2, 0.25) is 0 Å². The highest BCUT2D eigenvalue weighted by atomic mass is 16.5. The molecule has 3 rings (SSSR count). The Hall–Kier alpha value is -2.26. The molecule has 0 radical (unpaired) electrons. The summed E-state index contributed by atoms with van der Waals surface area (Å²) in [6, 6.07) is 14.8. The van der Waals surface area contributed by atoms with Crippen LogP contribution in [0.15, 0.2) is 48.7 Å². The predicted octanol–water partition coefficient (Wildman–Crippen LogP) is 3.96. The molecule has 3 heteroatoms. The predicted molar refractivity (Wildman–Crippen MR) is 97.2 cm³/mol. The zero-order valence-corrected chi connectivity index (χ0v) is 14.3. The first kappa shape index (κ1) is 15.6. The maximum Gasteiger partial charge on any atom is 0.128 e. The quantitative estimate of drug-likeness (QED) is 0.710. The fourth-order valence-electron chi connectivity index (χ4n) is 3.17. The highest BCUT2D eigenvalue weighted by Crippen LogP contribution is 2.37. The molecule has 0 atom stereocenters. The summed E-state index contributed by atoms with van der Waals surface area (Å²) in [6.45, 7) is 1.03. The molecule has 0 fully saturated rings. The van der Waals surface area contributed by atoms with Gasteiger partial charge in [0, 0.05) is 30.7 Å². The molecule has 3 aromatic rings. The van der Waals surface area contributed by atoms with Crippen molar-refractivity contribution in [2.45, 2.75) is 6.42 Å². The van der Waals surface area contributed by atoms with Crippen LogP contribution in [0.4, 0.5) is 0 Å². The Kier molecular flexibility index (Phi) is 4.39. The van der Waals surface area contributed by atoms with Crippen LogP contribution in [-0.4, -0.2) is 37.2 Å². The van der Waals surface area contributed by atoms with Crippen molar-refractivity contribution in [2.75, 3.05) is 27.7 Å². The molecule has 0 bridgehead atoms. The summed E-state index contributed by atoms with van der Waals surface area (Å²) in [5.41, 5.74) is 5.07. The molecule has 0 aliphatic heterocycles. The third-order valence-electron chi connectivity index (χ3n) is 4.30. The Morgan fingerprint density at radius 2 is 1.78 bits per heavy atom. The lowest BCUT2D eigenvalue weighted by atomic mass is 10.00. The number of aryl methyl sites for hydroxylation is 1. The number of hydrogen-bond donors (Lipinski definition) is 0. The van der Waals surface area contributed by atoms with Crippen LogP contribution in [-0.2, 0) is 13.5 Å². The molecule has 0 aliphatic rings. The Bertz CT molecular complexity index is 803. The first-order chi connectivity index (χ1) is 11.1. The lowest BCUT2D eigenvalue weighted by Crippen LogP contribution is -2.14. The van der Waals surface area contributed by atoms with E-state index < -0.39 is 0 Å². The second-order valence-corrected chi connectivity index (χ2v) is 6.22. The molecule has 0 saturated carbocycles. The summed E-state index contributed by atoms with van der Waals surface area (Å²) in [5, 5.41) is 1.23. The van der Waals surface area contributed by atoms with E-state index in [0.717, 1.165) is 18.7 Å². The number of methoxy groups -OCH3 is 1. The highest BCUT2D eigenvalue weighted by molar-refractivity contribution is 6.00. The summed E-state index contributed by atoms with van der Waals surface area (Å²) in [6.07, 6.45) is 3.25. The summed E-state index contributed by atoms with van der Waals surface area (Å²) in [4.78, 5) is 2.21. The molecule has 0 unspecified atom stereocenters. The molecule has 0 aliphatic carbocycles. The van der Waals surface area contributed by atoms with E-state index in [0.29, 0.717) is 0 Å². The standard InChI is InChI=1S/C20H24N2O/c1-21(2)13-12-16-14-22(3)20-17(15-8-6-5-7-9-15)10-11-18(23-4)19(16)20/h5-11,14H,12-13H2,1-4H3. The minimum absolute atomic E-state index is 0.953. The number of nitrogens with zero attached hydrogens (tertiary/aromatic N) is 2. The van der Waals surface area contributed by atoms with Gasteiger partial charge in [-0.2, -0.15) is 0 Å². The summed E-state index contributed by atoms with van der Waals surface area (Å²) < 4.78 is 7.88. The normalized spacial score (nSPS) is 11.3. The van der Waals surface area contributed by atoms with Gasteiger partial charge in [0.25, 0.3) is 0 Å². The van der Waals surface area contributed by atoms with Crippen molar-refractivity contribution >= 4 is 10.9 Å². The van der Waals surface area contributed by atoms with Crippen LogP contribution in [0.1, 0.15) is 5.56 Å².